The van der Waals surface area contributed by atoms with Crippen LogP contribution < -0.4 is 0 Å². The molecule has 0 aromatic rings. The van der Waals surface area contributed by atoms with Crippen LogP contribution in [0.25, 0.3) is 0 Å². The van der Waals surface area contributed by atoms with Gasteiger partial charge in [0.05, 0.1) is 5.76 Å². The van der Waals surface area contributed by atoms with Gasteiger partial charge in [-0.2, -0.15) is 0 Å². The molecule has 0 spiro atoms. The van der Waals surface area contributed by atoms with Crippen LogP contribution in [0.2, 0.25) is 0 Å². The van der Waals surface area contributed by atoms with Crippen molar-refractivity contribution in [1.29, 1.82) is 0 Å². The van der Waals surface area contributed by atoms with Crippen LogP contribution in [0.1, 0.15) is 20.8 Å². The molecule has 0 aromatic heterocycles. The van der Waals surface area contributed by atoms with Crippen LogP contribution in [0.15, 0.2) is 28.6 Å². The highest BCUT2D eigenvalue weighted by Gasteiger charge is 1.78. The number of allylic oxidation sites excluding steroid dienone is 4. The Bertz CT molecular complexity index is 174. The van der Waals surface area contributed by atoms with Gasteiger partial charge in [-0.25, -0.2) is 0 Å². The molecule has 0 bridgehead atoms. The third kappa shape index (κ3) is 5.09. The van der Waals surface area contributed by atoms with Gasteiger partial charge in [-0.05, 0) is 32.9 Å². The molecule has 0 aliphatic rings. The van der Waals surface area contributed by atoms with E-state index in [1.165, 1.54) is 0 Å². The first kappa shape index (κ1) is 8.95. The minimum absolute atomic E-state index is 0.297. The van der Waals surface area contributed by atoms with Crippen molar-refractivity contribution >= 4 is 6.21 Å². The molecule has 0 fully saturated rings. The van der Waals surface area contributed by atoms with Crippen molar-refractivity contribution in [3.05, 3.63) is 23.6 Å². The van der Waals surface area contributed by atoms with Gasteiger partial charge in [-0.15, -0.1) is 0 Å². The van der Waals surface area contributed by atoms with Gasteiger partial charge in [-0.1, -0.05) is 0 Å². The summed E-state index contributed by atoms with van der Waals surface area (Å²) in [5.74, 6) is 0.297. The van der Waals surface area contributed by atoms with E-state index in [9.17, 15) is 0 Å². The van der Waals surface area contributed by atoms with Crippen molar-refractivity contribution in [2.75, 3.05) is 0 Å². The largest absolute Gasteiger partial charge is 0.513 e. The lowest BCUT2D eigenvalue weighted by Gasteiger charge is -1.86. The zero-order valence-corrected chi connectivity index (χ0v) is 6.63. The van der Waals surface area contributed by atoms with Gasteiger partial charge in [0, 0.05) is 11.9 Å². The van der Waals surface area contributed by atoms with Gasteiger partial charge < -0.3 is 5.11 Å². The van der Waals surface area contributed by atoms with Crippen LogP contribution in [-0.4, -0.2) is 11.3 Å². The molecule has 0 aromatic carbocycles. The van der Waals surface area contributed by atoms with E-state index < -0.39 is 0 Å². The zero-order chi connectivity index (χ0) is 7.98. The Morgan fingerprint density at radius 2 is 1.90 bits per heavy atom. The van der Waals surface area contributed by atoms with Gasteiger partial charge in [0.25, 0.3) is 0 Å². The molecule has 0 heterocycles. The second-order valence-electron chi connectivity index (χ2n) is 2.00. The molecule has 0 rings (SSSR count). The van der Waals surface area contributed by atoms with Crippen LogP contribution in [0.5, 0.6) is 0 Å². The molecular formula is C8H13NO. The van der Waals surface area contributed by atoms with Crippen LogP contribution in [-0.2, 0) is 0 Å². The topological polar surface area (TPSA) is 32.6 Å². The number of aliphatic imine (C=N–C) groups is 1. The summed E-state index contributed by atoms with van der Waals surface area (Å²) in [6, 6.07) is 0. The van der Waals surface area contributed by atoms with Crippen LogP contribution in [0.3, 0.4) is 0 Å². The smallest absolute Gasteiger partial charge is 0.0892 e. The van der Waals surface area contributed by atoms with E-state index in [4.69, 9.17) is 5.11 Å². The average molecular weight is 139 g/mol. The summed E-state index contributed by atoms with van der Waals surface area (Å²) in [5.41, 5.74) is 0.885. The van der Waals surface area contributed by atoms with Crippen LogP contribution in [0, 0.1) is 0 Å². The molecule has 2 heteroatoms. The second-order valence-corrected chi connectivity index (χ2v) is 2.00. The van der Waals surface area contributed by atoms with E-state index in [-0.39, 0.29) is 0 Å². The minimum Gasteiger partial charge on any atom is -0.513 e. The Labute approximate surface area is 61.6 Å². The van der Waals surface area contributed by atoms with E-state index >= 15 is 0 Å². The molecule has 56 valence electrons. The van der Waals surface area contributed by atoms with Crippen molar-refractivity contribution in [1.82, 2.24) is 0 Å². The molecule has 2 nitrogen and oxygen atoms in total. The Hall–Kier alpha value is -1.05. The van der Waals surface area contributed by atoms with E-state index in [0.29, 0.717) is 5.76 Å². The lowest BCUT2D eigenvalue weighted by atomic mass is 10.4. The van der Waals surface area contributed by atoms with E-state index in [1.54, 1.807) is 25.3 Å². The Morgan fingerprint density at radius 3 is 2.30 bits per heavy atom. The molecule has 0 atom stereocenters. The number of hydrogen-bond donors (Lipinski definition) is 1. The first-order chi connectivity index (χ1) is 4.66. The molecule has 0 amide bonds. The fourth-order valence-electron chi connectivity index (χ4n) is 0.488. The molecule has 0 aliphatic carbocycles. The summed E-state index contributed by atoms with van der Waals surface area (Å²) >= 11 is 0. The fourth-order valence-corrected chi connectivity index (χ4v) is 0.488. The van der Waals surface area contributed by atoms with Gasteiger partial charge in [0.2, 0.25) is 0 Å². The lowest BCUT2D eigenvalue weighted by Crippen LogP contribution is -1.70. The SMILES string of the molecule is CC=N/C(C)=C\C=C(/C)O. The highest BCUT2D eigenvalue weighted by Crippen LogP contribution is 1.95. The normalized spacial score (nSPS) is 14.7. The van der Waals surface area contributed by atoms with E-state index in [2.05, 4.69) is 4.99 Å². The molecule has 0 saturated carbocycles. The van der Waals surface area contributed by atoms with Crippen molar-refractivity contribution in [2.45, 2.75) is 20.8 Å². The monoisotopic (exact) mass is 139 g/mol. The number of hydrogen-bond acceptors (Lipinski definition) is 2. The number of aliphatic hydroxyl groups excluding tert-OH is 1. The van der Waals surface area contributed by atoms with Gasteiger partial charge >= 0.3 is 0 Å². The summed E-state index contributed by atoms with van der Waals surface area (Å²) in [6.07, 6.45) is 5.09. The van der Waals surface area contributed by atoms with Crippen LogP contribution >= 0.6 is 0 Å². The van der Waals surface area contributed by atoms with Gasteiger partial charge in [0.1, 0.15) is 0 Å². The predicted molar refractivity (Wildman–Crippen MR) is 44.3 cm³/mol. The molecule has 0 unspecified atom stereocenters. The van der Waals surface area contributed by atoms with E-state index in [0.717, 1.165) is 5.70 Å². The fraction of sp³-hybridized carbons (Fsp3) is 0.375. The van der Waals surface area contributed by atoms with E-state index in [1.807, 2.05) is 13.8 Å². The number of nitrogens with zero attached hydrogens (tertiary/aromatic N) is 1. The maximum absolute atomic E-state index is 8.73. The number of aliphatic hydroxyl groups is 1. The standard InChI is InChI=1S/C8H13NO/c1-4-9-7(2)5-6-8(3)10/h4-6,10H,1-3H3/b7-5-,8-6+,9-4?. The summed E-state index contributed by atoms with van der Waals surface area (Å²) in [7, 11) is 0. The van der Waals surface area contributed by atoms with Crippen molar-refractivity contribution < 1.29 is 5.11 Å². The second kappa shape index (κ2) is 4.79. The van der Waals surface area contributed by atoms with Gasteiger partial charge in [-0.3, -0.25) is 4.99 Å². The van der Waals surface area contributed by atoms with Crippen molar-refractivity contribution in [2.24, 2.45) is 4.99 Å². The van der Waals surface area contributed by atoms with Gasteiger partial charge in [0.15, 0.2) is 0 Å². The molecular weight excluding hydrogens is 126 g/mol. The Balaban J connectivity index is 4.05. The molecule has 1 N–H and O–H groups in total. The summed E-state index contributed by atoms with van der Waals surface area (Å²) in [5, 5.41) is 8.73. The molecule has 10 heavy (non-hydrogen) atoms. The first-order valence-corrected chi connectivity index (χ1v) is 3.19. The minimum atomic E-state index is 0.297. The third-order valence-electron chi connectivity index (χ3n) is 0.898. The third-order valence-corrected chi connectivity index (χ3v) is 0.898. The summed E-state index contributed by atoms with van der Waals surface area (Å²) in [4.78, 5) is 3.98. The Morgan fingerprint density at radius 1 is 1.30 bits per heavy atom. The highest BCUT2D eigenvalue weighted by molar-refractivity contribution is 5.55. The average Bonchev–Trinajstić information content (AvgIpc) is 1.85. The Kier molecular flexibility index (Phi) is 4.29. The quantitative estimate of drug-likeness (QED) is 0.355. The maximum atomic E-state index is 8.73. The number of rotatable bonds is 2. The lowest BCUT2D eigenvalue weighted by molar-refractivity contribution is 0.414. The molecule has 0 radical (unpaired) electrons. The van der Waals surface area contributed by atoms with Crippen molar-refractivity contribution in [3.63, 3.8) is 0 Å². The predicted octanol–water partition coefficient (Wildman–Crippen LogP) is 2.44. The molecule has 0 aliphatic heterocycles. The first-order valence-electron chi connectivity index (χ1n) is 3.19. The summed E-state index contributed by atoms with van der Waals surface area (Å²) < 4.78 is 0. The van der Waals surface area contributed by atoms with Crippen LogP contribution in [0.4, 0.5) is 0 Å². The van der Waals surface area contributed by atoms with Crippen molar-refractivity contribution in [3.8, 4) is 0 Å². The summed E-state index contributed by atoms with van der Waals surface area (Å²) in [6.45, 7) is 5.35. The maximum Gasteiger partial charge on any atom is 0.0892 e. The zero-order valence-electron chi connectivity index (χ0n) is 6.63. The molecule has 0 saturated heterocycles. The highest BCUT2D eigenvalue weighted by atomic mass is 16.3.